The second kappa shape index (κ2) is 11.0. The molecule has 1 N–H and O–H groups in total. The molecule has 1 aromatic heterocycles. The van der Waals surface area contributed by atoms with E-state index in [0.717, 1.165) is 22.8 Å². The molecule has 0 saturated carbocycles. The van der Waals surface area contributed by atoms with Gasteiger partial charge in [0.1, 0.15) is 10.9 Å². The summed E-state index contributed by atoms with van der Waals surface area (Å²) in [5.41, 5.74) is 6.39. The number of hydrogen-bond donors (Lipinski definition) is 1. The Labute approximate surface area is 220 Å². The van der Waals surface area contributed by atoms with Crippen molar-refractivity contribution in [3.8, 4) is 5.75 Å². The first-order chi connectivity index (χ1) is 17.6. The highest BCUT2D eigenvalue weighted by molar-refractivity contribution is 7.92. The second-order valence-corrected chi connectivity index (χ2v) is 10.7. The molecule has 0 saturated heterocycles. The maximum absolute atomic E-state index is 12.6. The number of aryl methyl sites for hydroxylation is 1. The third-order valence-electron chi connectivity index (χ3n) is 5.64. The van der Waals surface area contributed by atoms with Crippen LogP contribution in [0.15, 0.2) is 77.9 Å². The summed E-state index contributed by atoms with van der Waals surface area (Å²) in [7, 11) is -1.97. The fourth-order valence-electron chi connectivity index (χ4n) is 3.62. The Morgan fingerprint density at radius 3 is 2.43 bits per heavy atom. The molecule has 0 aliphatic carbocycles. The molecule has 0 atom stereocenters. The van der Waals surface area contributed by atoms with E-state index in [2.05, 4.69) is 15.5 Å². The fourth-order valence-corrected chi connectivity index (χ4v) is 4.70. The van der Waals surface area contributed by atoms with Crippen LogP contribution in [0.25, 0.3) is 10.9 Å². The van der Waals surface area contributed by atoms with Gasteiger partial charge in [0, 0.05) is 22.6 Å². The van der Waals surface area contributed by atoms with Gasteiger partial charge >= 0.3 is 0 Å². The molecule has 8 nitrogen and oxygen atoms in total. The fraction of sp³-hybridized carbons (Fsp3) is 0.148. The van der Waals surface area contributed by atoms with E-state index in [0.29, 0.717) is 28.1 Å². The summed E-state index contributed by atoms with van der Waals surface area (Å²) in [6.45, 7) is 2.15. The summed E-state index contributed by atoms with van der Waals surface area (Å²) < 4.78 is 31.4. The van der Waals surface area contributed by atoms with Crippen molar-refractivity contribution in [2.45, 2.75) is 13.5 Å². The number of ether oxygens (including phenoxy) is 1. The summed E-state index contributed by atoms with van der Waals surface area (Å²) in [6, 6.07) is 21.2. The zero-order chi connectivity index (χ0) is 26.6. The van der Waals surface area contributed by atoms with Crippen molar-refractivity contribution in [3.05, 3.63) is 100 Å². The van der Waals surface area contributed by atoms with Gasteiger partial charge in [-0.1, -0.05) is 41.4 Å². The van der Waals surface area contributed by atoms with Crippen LogP contribution in [0.3, 0.4) is 0 Å². The molecule has 1 heterocycles. The van der Waals surface area contributed by atoms with E-state index in [1.807, 2.05) is 49.4 Å². The molecule has 0 fully saturated rings. The van der Waals surface area contributed by atoms with Gasteiger partial charge in [-0.2, -0.15) is 5.10 Å². The first-order valence-electron chi connectivity index (χ1n) is 11.2. The van der Waals surface area contributed by atoms with Gasteiger partial charge in [0.25, 0.3) is 5.91 Å². The smallest absolute Gasteiger partial charge is 0.271 e. The zero-order valence-corrected chi connectivity index (χ0v) is 22.0. The average molecular weight is 537 g/mol. The van der Waals surface area contributed by atoms with Crippen molar-refractivity contribution >= 4 is 50.3 Å². The van der Waals surface area contributed by atoms with E-state index in [-0.39, 0.29) is 11.7 Å². The number of fused-ring (bicyclic) bond motifs is 1. The topological polar surface area (TPSA) is 101 Å². The Morgan fingerprint density at radius 1 is 1.08 bits per heavy atom. The maximum Gasteiger partial charge on any atom is 0.271 e. The van der Waals surface area contributed by atoms with Gasteiger partial charge in [-0.25, -0.2) is 18.8 Å². The molecule has 1 amide bonds. The number of aromatic nitrogens is 1. The molecule has 0 bridgehead atoms. The van der Waals surface area contributed by atoms with E-state index in [4.69, 9.17) is 16.3 Å². The van der Waals surface area contributed by atoms with Crippen LogP contribution in [0.2, 0.25) is 5.15 Å². The van der Waals surface area contributed by atoms with E-state index in [1.165, 1.54) is 10.5 Å². The number of rotatable bonds is 8. The predicted molar refractivity (Wildman–Crippen MR) is 147 cm³/mol. The summed E-state index contributed by atoms with van der Waals surface area (Å²) in [4.78, 5) is 16.9. The van der Waals surface area contributed by atoms with Crippen LogP contribution in [-0.2, 0) is 16.6 Å². The molecule has 0 aliphatic rings. The summed E-state index contributed by atoms with van der Waals surface area (Å²) >= 11 is 6.27. The van der Waals surface area contributed by atoms with E-state index < -0.39 is 15.9 Å². The van der Waals surface area contributed by atoms with Gasteiger partial charge < -0.3 is 4.74 Å². The molecular weight excluding hydrogens is 512 g/mol. The normalized spacial score (nSPS) is 11.6. The summed E-state index contributed by atoms with van der Waals surface area (Å²) in [6.07, 6.45) is 2.57. The van der Waals surface area contributed by atoms with Crippen molar-refractivity contribution < 1.29 is 17.9 Å². The number of methoxy groups -OCH3 is 1. The number of benzene rings is 3. The van der Waals surface area contributed by atoms with E-state index in [1.54, 1.807) is 37.4 Å². The highest BCUT2D eigenvalue weighted by Crippen LogP contribution is 2.24. The molecule has 0 radical (unpaired) electrons. The monoisotopic (exact) mass is 536 g/mol. The SMILES string of the molecule is COc1ccc2cc(/C=N\NC(=O)c3ccc(N(Cc4ccc(C)cc4)S(C)(=O)=O)cc3)c(Cl)nc2c1. The first-order valence-corrected chi connectivity index (χ1v) is 13.5. The lowest BCUT2D eigenvalue weighted by Crippen LogP contribution is -2.29. The predicted octanol–water partition coefficient (Wildman–Crippen LogP) is 4.94. The lowest BCUT2D eigenvalue weighted by molar-refractivity contribution is 0.0955. The largest absolute Gasteiger partial charge is 0.497 e. The van der Waals surface area contributed by atoms with Gasteiger partial charge in [-0.05, 0) is 55.0 Å². The lowest BCUT2D eigenvalue weighted by Gasteiger charge is -2.22. The van der Waals surface area contributed by atoms with Gasteiger partial charge in [0.2, 0.25) is 10.0 Å². The summed E-state index contributed by atoms with van der Waals surface area (Å²) in [5.74, 6) is 0.215. The highest BCUT2D eigenvalue weighted by atomic mass is 35.5. The number of anilines is 1. The quantitative estimate of drug-likeness (QED) is 0.195. The zero-order valence-electron chi connectivity index (χ0n) is 20.5. The van der Waals surface area contributed by atoms with Crippen molar-refractivity contribution in [1.29, 1.82) is 0 Å². The van der Waals surface area contributed by atoms with Crippen LogP contribution in [0, 0.1) is 6.92 Å². The van der Waals surface area contributed by atoms with Crippen LogP contribution in [0.5, 0.6) is 5.75 Å². The Kier molecular flexibility index (Phi) is 7.75. The van der Waals surface area contributed by atoms with Crippen molar-refractivity contribution in [2.75, 3.05) is 17.7 Å². The lowest BCUT2D eigenvalue weighted by atomic mass is 10.1. The van der Waals surface area contributed by atoms with Crippen LogP contribution < -0.4 is 14.5 Å². The van der Waals surface area contributed by atoms with Crippen molar-refractivity contribution in [2.24, 2.45) is 5.10 Å². The number of nitrogens with zero attached hydrogens (tertiary/aromatic N) is 3. The van der Waals surface area contributed by atoms with E-state index >= 15 is 0 Å². The summed E-state index contributed by atoms with van der Waals surface area (Å²) in [5, 5.41) is 5.08. The Balaban J connectivity index is 1.46. The van der Waals surface area contributed by atoms with Gasteiger partial charge in [-0.3, -0.25) is 9.10 Å². The third kappa shape index (κ3) is 6.44. The molecule has 0 unspecified atom stereocenters. The molecule has 3 aromatic carbocycles. The highest BCUT2D eigenvalue weighted by Gasteiger charge is 2.18. The van der Waals surface area contributed by atoms with Crippen LogP contribution in [0.4, 0.5) is 5.69 Å². The number of carbonyl (C=O) groups is 1. The van der Waals surface area contributed by atoms with Crippen LogP contribution in [0.1, 0.15) is 27.0 Å². The number of hydrogen-bond acceptors (Lipinski definition) is 6. The van der Waals surface area contributed by atoms with Crippen molar-refractivity contribution in [1.82, 2.24) is 10.4 Å². The molecule has 4 aromatic rings. The minimum Gasteiger partial charge on any atom is -0.497 e. The number of sulfonamides is 1. The van der Waals surface area contributed by atoms with Crippen molar-refractivity contribution in [3.63, 3.8) is 0 Å². The van der Waals surface area contributed by atoms with Gasteiger partial charge in [0.05, 0.1) is 37.3 Å². The molecule has 190 valence electrons. The second-order valence-electron chi connectivity index (χ2n) is 8.43. The molecule has 4 rings (SSSR count). The third-order valence-corrected chi connectivity index (χ3v) is 7.08. The van der Waals surface area contributed by atoms with Gasteiger partial charge in [0.15, 0.2) is 0 Å². The average Bonchev–Trinajstić information content (AvgIpc) is 2.87. The molecule has 10 heteroatoms. The number of carbonyl (C=O) groups excluding carboxylic acids is 1. The molecule has 0 spiro atoms. The van der Waals surface area contributed by atoms with Crippen LogP contribution in [-0.4, -0.2) is 38.9 Å². The standard InChI is InChI=1S/C27H25ClN4O4S/c1-18-4-6-19(7-5-18)17-32(37(3,34)35)23-11-8-20(9-12-23)27(33)31-29-16-22-14-21-10-13-24(36-2)15-25(21)30-26(22)28/h4-16H,17H2,1-3H3,(H,31,33)/b29-16-. The number of amides is 1. The minimum absolute atomic E-state index is 0.183. The molecule has 37 heavy (non-hydrogen) atoms. The van der Waals surface area contributed by atoms with E-state index in [9.17, 15) is 13.2 Å². The number of halogens is 1. The molecular formula is C27H25ClN4O4S. The Morgan fingerprint density at radius 2 is 1.78 bits per heavy atom. The number of pyridine rings is 1. The maximum atomic E-state index is 12.6. The first kappa shape index (κ1) is 26.1. The number of nitrogens with one attached hydrogen (secondary N) is 1. The number of hydrazone groups is 1. The van der Waals surface area contributed by atoms with Gasteiger partial charge in [-0.15, -0.1) is 0 Å². The molecule has 0 aliphatic heterocycles. The Bertz CT molecular complexity index is 1570. The minimum atomic E-state index is -3.54. The Hall–Kier alpha value is -3.95. The van der Waals surface area contributed by atoms with Crippen LogP contribution >= 0.6 is 11.6 Å².